The number of nitrogens with one attached hydrogen (secondary N) is 1. The lowest BCUT2D eigenvalue weighted by atomic mass is 9.76. The van der Waals surface area contributed by atoms with E-state index in [1.165, 1.54) is 17.5 Å². The lowest BCUT2D eigenvalue weighted by molar-refractivity contribution is 0.0711. The second-order valence-electron chi connectivity index (χ2n) is 10.0. The SMILES string of the molecule is CCOc1nnc(-c2cc(C(=O)N3CCC(c4ccc(C(N)=O)cc4)CC3)c(CC)cc2C2CCC2)[nH]1. The molecule has 3 aromatic rings. The van der Waals surface area contributed by atoms with Crippen LogP contribution in [0.4, 0.5) is 0 Å². The maximum atomic E-state index is 13.8. The Hall–Kier alpha value is -3.68. The minimum absolute atomic E-state index is 0.0744. The fraction of sp³-hybridized carbons (Fsp3) is 0.448. The van der Waals surface area contributed by atoms with Gasteiger partial charge in [0.2, 0.25) is 5.91 Å². The van der Waals surface area contributed by atoms with E-state index >= 15 is 0 Å². The smallest absolute Gasteiger partial charge is 0.314 e. The van der Waals surface area contributed by atoms with Crippen LogP contribution in [0.25, 0.3) is 11.4 Å². The minimum atomic E-state index is -0.416. The minimum Gasteiger partial charge on any atom is -0.464 e. The third kappa shape index (κ3) is 5.10. The summed E-state index contributed by atoms with van der Waals surface area (Å²) in [6, 6.07) is 12.2. The van der Waals surface area contributed by atoms with Crippen molar-refractivity contribution in [3.05, 3.63) is 64.2 Å². The normalized spacial score (nSPS) is 16.4. The molecule has 2 aromatic carbocycles. The molecule has 2 fully saturated rings. The number of carbonyl (C=O) groups is 2. The highest BCUT2D eigenvalue weighted by atomic mass is 16.5. The molecule has 8 nitrogen and oxygen atoms in total. The number of ether oxygens (including phenoxy) is 1. The summed E-state index contributed by atoms with van der Waals surface area (Å²) in [5.41, 5.74) is 11.1. The molecule has 37 heavy (non-hydrogen) atoms. The average molecular weight is 502 g/mol. The number of benzene rings is 2. The van der Waals surface area contributed by atoms with Crippen molar-refractivity contribution in [1.29, 1.82) is 0 Å². The summed E-state index contributed by atoms with van der Waals surface area (Å²) < 4.78 is 5.50. The molecule has 0 atom stereocenters. The van der Waals surface area contributed by atoms with E-state index in [9.17, 15) is 9.59 Å². The molecule has 3 N–H and O–H groups in total. The standard InChI is InChI=1S/C29H35N5O3/c1-3-18-16-23(21-6-5-7-21)25(27-31-29(33-32-27)37-4-2)17-24(18)28(36)34-14-12-20(13-15-34)19-8-10-22(11-9-19)26(30)35/h8-11,16-17,20-21H,3-7,12-15H2,1-2H3,(H2,30,35)(H,31,32,33). The molecule has 1 saturated carbocycles. The topological polar surface area (TPSA) is 114 Å². The summed E-state index contributed by atoms with van der Waals surface area (Å²) in [5, 5.41) is 8.49. The molecule has 1 aliphatic carbocycles. The van der Waals surface area contributed by atoms with Gasteiger partial charge < -0.3 is 15.4 Å². The number of carbonyl (C=O) groups excluding carboxylic acids is 2. The summed E-state index contributed by atoms with van der Waals surface area (Å²) in [7, 11) is 0. The summed E-state index contributed by atoms with van der Waals surface area (Å²) in [6.07, 6.45) is 6.11. The van der Waals surface area contributed by atoms with Crippen molar-refractivity contribution in [1.82, 2.24) is 20.1 Å². The van der Waals surface area contributed by atoms with Crippen LogP contribution >= 0.6 is 0 Å². The maximum absolute atomic E-state index is 13.8. The number of aromatic nitrogens is 3. The first-order valence-electron chi connectivity index (χ1n) is 13.4. The summed E-state index contributed by atoms with van der Waals surface area (Å²) >= 11 is 0. The third-order valence-corrected chi connectivity index (χ3v) is 7.88. The number of nitrogens with two attached hydrogens (primary N) is 1. The Morgan fingerprint density at radius 3 is 2.35 bits per heavy atom. The number of hydrogen-bond acceptors (Lipinski definition) is 5. The lowest BCUT2D eigenvalue weighted by Crippen LogP contribution is -2.38. The van der Waals surface area contributed by atoms with Gasteiger partial charge in [0.25, 0.3) is 5.91 Å². The average Bonchev–Trinajstić information content (AvgIpc) is 3.36. The first kappa shape index (κ1) is 25.0. The van der Waals surface area contributed by atoms with Gasteiger partial charge in [-0.15, -0.1) is 5.10 Å². The van der Waals surface area contributed by atoms with Gasteiger partial charge in [0.1, 0.15) is 0 Å². The van der Waals surface area contributed by atoms with Crippen molar-refractivity contribution in [2.24, 2.45) is 5.73 Å². The summed E-state index contributed by atoms with van der Waals surface area (Å²) in [6.45, 7) is 5.92. The summed E-state index contributed by atoms with van der Waals surface area (Å²) in [4.78, 5) is 30.3. The number of likely N-dealkylation sites (tertiary alicyclic amines) is 1. The first-order valence-corrected chi connectivity index (χ1v) is 13.4. The largest absolute Gasteiger partial charge is 0.464 e. The van der Waals surface area contributed by atoms with E-state index in [2.05, 4.69) is 28.2 Å². The fourth-order valence-electron chi connectivity index (χ4n) is 5.49. The number of nitrogens with zero attached hydrogens (tertiary/aromatic N) is 3. The van der Waals surface area contributed by atoms with E-state index in [-0.39, 0.29) is 5.91 Å². The van der Waals surface area contributed by atoms with E-state index in [0.29, 0.717) is 48.9 Å². The Morgan fingerprint density at radius 2 is 1.76 bits per heavy atom. The predicted octanol–water partition coefficient (Wildman–Crippen LogP) is 4.82. The predicted molar refractivity (Wildman–Crippen MR) is 142 cm³/mol. The molecule has 1 aliphatic heterocycles. The molecule has 0 unspecified atom stereocenters. The van der Waals surface area contributed by atoms with E-state index in [0.717, 1.165) is 48.8 Å². The molecule has 2 aliphatic rings. The highest BCUT2D eigenvalue weighted by molar-refractivity contribution is 5.97. The van der Waals surface area contributed by atoms with Gasteiger partial charge in [-0.25, -0.2) is 0 Å². The van der Waals surface area contributed by atoms with Crippen LogP contribution in [0.2, 0.25) is 0 Å². The number of aromatic amines is 1. The van der Waals surface area contributed by atoms with Crippen LogP contribution in [0, 0.1) is 0 Å². The molecule has 1 saturated heterocycles. The number of piperidine rings is 1. The van der Waals surface area contributed by atoms with Gasteiger partial charge in [-0.1, -0.05) is 36.6 Å². The zero-order valence-corrected chi connectivity index (χ0v) is 21.6. The van der Waals surface area contributed by atoms with Crippen LogP contribution in [0.15, 0.2) is 36.4 Å². The van der Waals surface area contributed by atoms with Crippen LogP contribution in [0.1, 0.15) is 95.2 Å². The van der Waals surface area contributed by atoms with Crippen LogP contribution in [0.5, 0.6) is 6.01 Å². The zero-order valence-electron chi connectivity index (χ0n) is 21.6. The number of aryl methyl sites for hydroxylation is 1. The molecule has 2 amide bonds. The van der Waals surface area contributed by atoms with Gasteiger partial charge in [-0.05, 0) is 85.8 Å². The fourth-order valence-corrected chi connectivity index (χ4v) is 5.49. The quantitative estimate of drug-likeness (QED) is 0.459. The Balaban J connectivity index is 1.38. The van der Waals surface area contributed by atoms with Crippen molar-refractivity contribution in [2.45, 2.75) is 64.2 Å². The Labute approximate surface area is 217 Å². The van der Waals surface area contributed by atoms with Crippen LogP contribution in [-0.4, -0.2) is 51.6 Å². The van der Waals surface area contributed by atoms with Crippen molar-refractivity contribution in [3.8, 4) is 17.4 Å². The molecule has 5 rings (SSSR count). The molecule has 0 radical (unpaired) electrons. The van der Waals surface area contributed by atoms with Gasteiger partial charge in [0, 0.05) is 29.8 Å². The number of amides is 2. The monoisotopic (exact) mass is 501 g/mol. The maximum Gasteiger partial charge on any atom is 0.314 e. The van der Waals surface area contributed by atoms with E-state index in [1.54, 1.807) is 12.1 Å². The molecular weight excluding hydrogens is 466 g/mol. The second-order valence-corrected chi connectivity index (χ2v) is 10.0. The highest BCUT2D eigenvalue weighted by Crippen LogP contribution is 2.42. The number of H-pyrrole nitrogens is 1. The van der Waals surface area contributed by atoms with Crippen molar-refractivity contribution >= 4 is 11.8 Å². The Kier molecular flexibility index (Phi) is 7.26. The molecule has 0 bridgehead atoms. The van der Waals surface area contributed by atoms with Gasteiger partial charge in [-0.3, -0.25) is 14.6 Å². The van der Waals surface area contributed by atoms with E-state index in [4.69, 9.17) is 10.5 Å². The van der Waals surface area contributed by atoms with Crippen molar-refractivity contribution in [2.75, 3.05) is 19.7 Å². The Morgan fingerprint density at radius 1 is 1.03 bits per heavy atom. The number of rotatable bonds is 8. The second kappa shape index (κ2) is 10.7. The van der Waals surface area contributed by atoms with Crippen LogP contribution in [0.3, 0.4) is 0 Å². The number of hydrogen-bond donors (Lipinski definition) is 2. The van der Waals surface area contributed by atoms with Crippen LogP contribution in [-0.2, 0) is 6.42 Å². The van der Waals surface area contributed by atoms with Gasteiger partial charge >= 0.3 is 6.01 Å². The molecular formula is C29H35N5O3. The Bertz CT molecular complexity index is 1270. The summed E-state index contributed by atoms with van der Waals surface area (Å²) in [5.74, 6) is 1.16. The molecule has 1 aromatic heterocycles. The van der Waals surface area contributed by atoms with Gasteiger partial charge in [-0.2, -0.15) is 0 Å². The van der Waals surface area contributed by atoms with Crippen molar-refractivity contribution in [3.63, 3.8) is 0 Å². The highest BCUT2D eigenvalue weighted by Gasteiger charge is 2.30. The van der Waals surface area contributed by atoms with E-state index in [1.807, 2.05) is 30.0 Å². The molecule has 2 heterocycles. The molecule has 0 spiro atoms. The van der Waals surface area contributed by atoms with Crippen LogP contribution < -0.4 is 10.5 Å². The number of primary amides is 1. The van der Waals surface area contributed by atoms with Crippen molar-refractivity contribution < 1.29 is 14.3 Å². The molecule has 194 valence electrons. The van der Waals surface area contributed by atoms with Gasteiger partial charge in [0.05, 0.1) is 6.61 Å². The first-order chi connectivity index (χ1) is 18.0. The van der Waals surface area contributed by atoms with Gasteiger partial charge in [0.15, 0.2) is 5.82 Å². The van der Waals surface area contributed by atoms with E-state index < -0.39 is 5.91 Å². The lowest BCUT2D eigenvalue weighted by Gasteiger charge is -2.33. The zero-order chi connectivity index (χ0) is 25.9. The third-order valence-electron chi connectivity index (χ3n) is 7.88. The molecule has 8 heteroatoms.